The first-order valence-corrected chi connectivity index (χ1v) is 7.55. The van der Waals surface area contributed by atoms with Crippen molar-refractivity contribution < 1.29 is 4.74 Å². The second-order valence-corrected chi connectivity index (χ2v) is 6.07. The third-order valence-corrected chi connectivity index (χ3v) is 4.52. The molecule has 3 heterocycles. The molecular formula is C14H20ClN5O. The summed E-state index contributed by atoms with van der Waals surface area (Å²) in [5.41, 5.74) is 0.777. The number of hydrogen-bond acceptors (Lipinski definition) is 5. The van der Waals surface area contributed by atoms with E-state index in [-0.39, 0.29) is 6.10 Å². The third kappa shape index (κ3) is 2.88. The molecule has 0 aliphatic carbocycles. The highest BCUT2D eigenvalue weighted by Gasteiger charge is 2.26. The lowest BCUT2D eigenvalue weighted by molar-refractivity contribution is -0.00813. The van der Waals surface area contributed by atoms with Crippen molar-refractivity contribution in [2.24, 2.45) is 13.0 Å². The highest BCUT2D eigenvalue weighted by molar-refractivity contribution is 6.33. The molecule has 2 aromatic heterocycles. The molecule has 0 saturated carbocycles. The minimum atomic E-state index is 0.273. The summed E-state index contributed by atoms with van der Waals surface area (Å²) >= 11 is 6.22. The Bertz CT molecular complexity index is 644. The number of fused-ring (bicyclic) bond motifs is 1. The fraction of sp³-hybridized carbons (Fsp3) is 0.643. The van der Waals surface area contributed by atoms with Crippen LogP contribution in [0.5, 0.6) is 0 Å². The second-order valence-electron chi connectivity index (χ2n) is 5.71. The van der Waals surface area contributed by atoms with Gasteiger partial charge in [0.2, 0.25) is 0 Å². The van der Waals surface area contributed by atoms with E-state index in [9.17, 15) is 0 Å². The number of hydrogen-bond donors (Lipinski definition) is 0. The molecule has 0 aromatic carbocycles. The van der Waals surface area contributed by atoms with Crippen molar-refractivity contribution in [3.8, 4) is 0 Å². The number of piperidine rings is 1. The lowest BCUT2D eigenvalue weighted by Gasteiger charge is -2.35. The number of nitrogens with zero attached hydrogens (tertiary/aromatic N) is 5. The van der Waals surface area contributed by atoms with Gasteiger partial charge in [-0.25, -0.2) is 9.97 Å². The van der Waals surface area contributed by atoms with Gasteiger partial charge in [-0.1, -0.05) is 18.5 Å². The Kier molecular flexibility index (Phi) is 4.10. The van der Waals surface area contributed by atoms with Crippen LogP contribution in [0.1, 0.15) is 19.2 Å². The van der Waals surface area contributed by atoms with Crippen LogP contribution in [0.2, 0.25) is 5.15 Å². The quantitative estimate of drug-likeness (QED) is 0.810. The van der Waals surface area contributed by atoms with Crippen LogP contribution in [0.25, 0.3) is 11.0 Å². The Labute approximate surface area is 129 Å². The van der Waals surface area contributed by atoms with Gasteiger partial charge in [0.15, 0.2) is 5.65 Å². The monoisotopic (exact) mass is 309 g/mol. The highest BCUT2D eigenvalue weighted by atomic mass is 35.5. The van der Waals surface area contributed by atoms with Gasteiger partial charge >= 0.3 is 0 Å². The molecule has 1 fully saturated rings. The Balaban J connectivity index is 1.80. The molecule has 0 spiro atoms. The second kappa shape index (κ2) is 5.87. The molecule has 0 radical (unpaired) electrons. The fourth-order valence-electron chi connectivity index (χ4n) is 2.85. The normalized spacial score (nSPS) is 23.8. The predicted octanol–water partition coefficient (Wildman–Crippen LogP) is 1.87. The van der Waals surface area contributed by atoms with Crippen LogP contribution >= 0.6 is 11.6 Å². The molecular weight excluding hydrogens is 290 g/mol. The molecule has 1 aliphatic rings. The van der Waals surface area contributed by atoms with Crippen molar-refractivity contribution >= 4 is 22.6 Å². The van der Waals surface area contributed by atoms with E-state index in [1.165, 1.54) is 0 Å². The summed E-state index contributed by atoms with van der Waals surface area (Å²) < 4.78 is 7.27. The van der Waals surface area contributed by atoms with E-state index in [2.05, 4.69) is 26.9 Å². The van der Waals surface area contributed by atoms with Crippen LogP contribution in [0, 0.1) is 5.92 Å². The van der Waals surface area contributed by atoms with Crippen LogP contribution in [-0.2, 0) is 18.3 Å². The summed E-state index contributed by atoms with van der Waals surface area (Å²) in [6, 6.07) is 0. The third-order valence-electron chi connectivity index (χ3n) is 4.23. The average Bonchev–Trinajstić information content (AvgIpc) is 2.83. The summed E-state index contributed by atoms with van der Waals surface area (Å²) in [5, 5.41) is 5.44. The molecule has 114 valence electrons. The number of halogens is 1. The fourth-order valence-corrected chi connectivity index (χ4v) is 3.08. The number of ether oxygens (including phenoxy) is 1. The summed E-state index contributed by atoms with van der Waals surface area (Å²) in [5.74, 6) is 1.33. The Morgan fingerprint density at radius 3 is 3.00 bits per heavy atom. The summed E-state index contributed by atoms with van der Waals surface area (Å²) in [6.07, 6.45) is 3.10. The van der Waals surface area contributed by atoms with Gasteiger partial charge < -0.3 is 4.74 Å². The molecule has 2 atom stereocenters. The van der Waals surface area contributed by atoms with Crippen LogP contribution in [0.4, 0.5) is 0 Å². The molecule has 21 heavy (non-hydrogen) atoms. The zero-order valence-corrected chi connectivity index (χ0v) is 13.3. The van der Waals surface area contributed by atoms with Crippen molar-refractivity contribution in [2.75, 3.05) is 20.2 Å². The Morgan fingerprint density at radius 2 is 2.24 bits per heavy atom. The van der Waals surface area contributed by atoms with Crippen LogP contribution in [0.3, 0.4) is 0 Å². The van der Waals surface area contributed by atoms with E-state index in [0.29, 0.717) is 17.6 Å². The summed E-state index contributed by atoms with van der Waals surface area (Å²) in [4.78, 5) is 11.3. The first kappa shape index (κ1) is 14.7. The van der Waals surface area contributed by atoms with Crippen LogP contribution < -0.4 is 0 Å². The van der Waals surface area contributed by atoms with E-state index in [1.807, 2.05) is 7.05 Å². The maximum atomic E-state index is 6.22. The largest absolute Gasteiger partial charge is 0.380 e. The molecule has 3 rings (SSSR count). The van der Waals surface area contributed by atoms with Gasteiger partial charge in [-0.2, -0.15) is 5.10 Å². The van der Waals surface area contributed by atoms with Crippen molar-refractivity contribution in [2.45, 2.75) is 26.0 Å². The first-order valence-electron chi connectivity index (χ1n) is 7.17. The topological polar surface area (TPSA) is 56.1 Å². The van der Waals surface area contributed by atoms with Gasteiger partial charge in [-0.05, 0) is 18.9 Å². The zero-order valence-electron chi connectivity index (χ0n) is 12.6. The van der Waals surface area contributed by atoms with Gasteiger partial charge in [0, 0.05) is 20.7 Å². The van der Waals surface area contributed by atoms with Crippen LogP contribution in [-0.4, -0.2) is 51.0 Å². The van der Waals surface area contributed by atoms with Crippen molar-refractivity contribution in [1.82, 2.24) is 24.6 Å². The van der Waals surface area contributed by atoms with E-state index in [0.717, 1.165) is 36.4 Å². The smallest absolute Gasteiger partial charge is 0.162 e. The lowest BCUT2D eigenvalue weighted by Crippen LogP contribution is -2.43. The predicted molar refractivity (Wildman–Crippen MR) is 81.2 cm³/mol. The minimum Gasteiger partial charge on any atom is -0.380 e. The molecule has 2 unspecified atom stereocenters. The zero-order chi connectivity index (χ0) is 15.0. The maximum absolute atomic E-state index is 6.22. The Hall–Kier alpha value is -1.24. The first-order chi connectivity index (χ1) is 10.1. The standard InChI is InChI=1S/C14H20ClN5O/c1-9-4-5-20(7-11(9)21-3)8-12-17-13(15)10-6-16-19(2)14(10)18-12/h6,9,11H,4-5,7-8H2,1-3H3. The minimum absolute atomic E-state index is 0.273. The van der Waals surface area contributed by atoms with Gasteiger partial charge in [-0.15, -0.1) is 0 Å². The molecule has 0 N–H and O–H groups in total. The molecule has 0 bridgehead atoms. The van der Waals surface area contributed by atoms with Crippen molar-refractivity contribution in [3.05, 3.63) is 17.2 Å². The highest BCUT2D eigenvalue weighted by Crippen LogP contribution is 2.23. The SMILES string of the molecule is COC1CN(Cc2nc(Cl)c3cnn(C)c3n2)CCC1C. The summed E-state index contributed by atoms with van der Waals surface area (Å²) in [7, 11) is 3.64. The molecule has 0 amide bonds. The van der Waals surface area contributed by atoms with E-state index in [4.69, 9.17) is 16.3 Å². The van der Waals surface area contributed by atoms with Crippen LogP contribution in [0.15, 0.2) is 6.20 Å². The van der Waals surface area contributed by atoms with Gasteiger partial charge in [-0.3, -0.25) is 9.58 Å². The molecule has 1 aliphatic heterocycles. The molecule has 6 nitrogen and oxygen atoms in total. The molecule has 1 saturated heterocycles. The maximum Gasteiger partial charge on any atom is 0.162 e. The van der Waals surface area contributed by atoms with E-state index in [1.54, 1.807) is 18.0 Å². The number of rotatable bonds is 3. The average molecular weight is 310 g/mol. The van der Waals surface area contributed by atoms with Gasteiger partial charge in [0.05, 0.1) is 24.2 Å². The molecule has 7 heteroatoms. The molecule has 2 aromatic rings. The number of aryl methyl sites for hydroxylation is 1. The van der Waals surface area contributed by atoms with Crippen molar-refractivity contribution in [3.63, 3.8) is 0 Å². The van der Waals surface area contributed by atoms with Crippen molar-refractivity contribution in [1.29, 1.82) is 0 Å². The van der Waals surface area contributed by atoms with Gasteiger partial charge in [0.25, 0.3) is 0 Å². The number of likely N-dealkylation sites (tertiary alicyclic amines) is 1. The van der Waals surface area contributed by atoms with Gasteiger partial charge in [0.1, 0.15) is 11.0 Å². The van der Waals surface area contributed by atoms with E-state index < -0.39 is 0 Å². The number of aromatic nitrogens is 4. The summed E-state index contributed by atoms with van der Waals surface area (Å²) in [6.45, 7) is 4.86. The Morgan fingerprint density at radius 1 is 1.43 bits per heavy atom. The van der Waals surface area contributed by atoms with E-state index >= 15 is 0 Å². The number of methoxy groups -OCH3 is 1. The lowest BCUT2D eigenvalue weighted by atomic mass is 9.96.